The molecule has 1 N–H and O–H groups in total. The van der Waals surface area contributed by atoms with Crippen LogP contribution in [0.2, 0.25) is 0 Å². The molecule has 1 aromatic rings. The van der Waals surface area contributed by atoms with Gasteiger partial charge in [-0.3, -0.25) is 14.5 Å². The fourth-order valence-electron chi connectivity index (χ4n) is 5.23. The third-order valence-corrected chi connectivity index (χ3v) is 6.90. The number of benzene rings is 1. The van der Waals surface area contributed by atoms with E-state index in [1.54, 1.807) is 4.90 Å². The SMILES string of the molecule is CCC[C@@]1(C2CCN(C(=O)c3ccc(F)c(F)c3)CC2)NC(=O)N(C[C@@H]2CCCO2)C1=O. The first-order valence-electron chi connectivity index (χ1n) is 11.4. The Kier molecular flexibility index (Phi) is 6.46. The van der Waals surface area contributed by atoms with Crippen LogP contribution in [0, 0.1) is 17.6 Å². The summed E-state index contributed by atoms with van der Waals surface area (Å²) in [6.07, 6.45) is 3.98. The number of hydrogen-bond acceptors (Lipinski definition) is 4. The Morgan fingerprint density at radius 3 is 2.56 bits per heavy atom. The molecule has 32 heavy (non-hydrogen) atoms. The van der Waals surface area contributed by atoms with Crippen LogP contribution < -0.4 is 5.32 Å². The van der Waals surface area contributed by atoms with Crippen molar-refractivity contribution in [1.29, 1.82) is 0 Å². The lowest BCUT2D eigenvalue weighted by Crippen LogP contribution is -2.56. The number of imide groups is 1. The third-order valence-electron chi connectivity index (χ3n) is 6.90. The number of rotatable bonds is 6. The summed E-state index contributed by atoms with van der Waals surface area (Å²) in [5.41, 5.74) is -0.875. The van der Waals surface area contributed by atoms with Crippen molar-refractivity contribution in [2.45, 2.75) is 57.1 Å². The zero-order valence-electron chi connectivity index (χ0n) is 18.2. The zero-order valence-corrected chi connectivity index (χ0v) is 18.2. The number of halogens is 2. The summed E-state index contributed by atoms with van der Waals surface area (Å²) in [5, 5.41) is 2.99. The minimum absolute atomic E-state index is 0.0959. The van der Waals surface area contributed by atoms with Gasteiger partial charge in [-0.2, -0.15) is 0 Å². The molecule has 3 heterocycles. The van der Waals surface area contributed by atoms with E-state index in [9.17, 15) is 23.2 Å². The topological polar surface area (TPSA) is 79.0 Å². The van der Waals surface area contributed by atoms with E-state index in [1.807, 2.05) is 6.92 Å². The molecule has 0 spiro atoms. The van der Waals surface area contributed by atoms with Gasteiger partial charge in [-0.15, -0.1) is 0 Å². The van der Waals surface area contributed by atoms with Gasteiger partial charge < -0.3 is 15.0 Å². The molecule has 0 aliphatic carbocycles. The molecule has 4 amide bonds. The highest BCUT2D eigenvalue weighted by atomic mass is 19.2. The molecule has 4 rings (SSSR count). The lowest BCUT2D eigenvalue weighted by Gasteiger charge is -2.41. The molecule has 0 radical (unpaired) electrons. The normalized spacial score (nSPS) is 26.7. The largest absolute Gasteiger partial charge is 0.376 e. The van der Waals surface area contributed by atoms with Crippen LogP contribution in [-0.4, -0.2) is 65.5 Å². The van der Waals surface area contributed by atoms with E-state index in [2.05, 4.69) is 5.32 Å². The standard InChI is InChI=1S/C23H29F2N3O4/c1-2-9-23(21(30)28(22(31)26-23)14-17-4-3-12-32-17)16-7-10-27(11-8-16)20(29)15-5-6-18(24)19(25)13-15/h5-6,13,16-17H,2-4,7-12,14H2,1H3,(H,26,31)/t17-,23-/m0/s1. The van der Waals surface area contributed by atoms with Gasteiger partial charge in [0.1, 0.15) is 5.54 Å². The van der Waals surface area contributed by atoms with E-state index >= 15 is 0 Å². The fraction of sp³-hybridized carbons (Fsp3) is 0.609. The van der Waals surface area contributed by atoms with Crippen molar-refractivity contribution in [3.05, 3.63) is 35.4 Å². The second kappa shape index (κ2) is 9.13. The van der Waals surface area contributed by atoms with Gasteiger partial charge in [-0.1, -0.05) is 13.3 Å². The maximum Gasteiger partial charge on any atom is 0.325 e. The van der Waals surface area contributed by atoms with E-state index in [4.69, 9.17) is 4.74 Å². The van der Waals surface area contributed by atoms with Crippen LogP contribution in [0.1, 0.15) is 55.8 Å². The van der Waals surface area contributed by atoms with Crippen LogP contribution in [0.5, 0.6) is 0 Å². The number of amides is 4. The molecule has 7 nitrogen and oxygen atoms in total. The second-order valence-electron chi connectivity index (χ2n) is 8.90. The zero-order chi connectivity index (χ0) is 22.9. The molecule has 2 atom stereocenters. The van der Waals surface area contributed by atoms with Crippen LogP contribution in [0.15, 0.2) is 18.2 Å². The van der Waals surface area contributed by atoms with Gasteiger partial charge in [0, 0.05) is 25.3 Å². The molecule has 0 unspecified atom stereocenters. The van der Waals surface area contributed by atoms with E-state index in [-0.39, 0.29) is 42.0 Å². The molecule has 3 aliphatic heterocycles. The second-order valence-corrected chi connectivity index (χ2v) is 8.90. The molecule has 3 saturated heterocycles. The van der Waals surface area contributed by atoms with Crippen molar-refractivity contribution in [2.24, 2.45) is 5.92 Å². The Morgan fingerprint density at radius 1 is 1.19 bits per heavy atom. The number of carbonyl (C=O) groups is 3. The average molecular weight is 449 g/mol. The molecule has 1 aromatic carbocycles. The number of carbonyl (C=O) groups excluding carboxylic acids is 3. The summed E-state index contributed by atoms with van der Waals surface area (Å²) < 4.78 is 32.3. The van der Waals surface area contributed by atoms with Crippen molar-refractivity contribution >= 4 is 17.8 Å². The maximum atomic E-state index is 13.5. The predicted octanol–water partition coefficient (Wildman–Crippen LogP) is 3.09. The maximum absolute atomic E-state index is 13.5. The Labute approximate surface area is 186 Å². The van der Waals surface area contributed by atoms with E-state index < -0.39 is 17.2 Å². The first-order valence-corrected chi connectivity index (χ1v) is 11.4. The van der Waals surface area contributed by atoms with Crippen LogP contribution in [0.3, 0.4) is 0 Å². The molecule has 3 aliphatic rings. The Bertz CT molecular complexity index is 897. The van der Waals surface area contributed by atoms with Gasteiger partial charge in [0.05, 0.1) is 12.6 Å². The number of piperidine rings is 1. The van der Waals surface area contributed by atoms with Crippen molar-refractivity contribution in [3.63, 3.8) is 0 Å². The van der Waals surface area contributed by atoms with Crippen molar-refractivity contribution < 1.29 is 27.9 Å². The lowest BCUT2D eigenvalue weighted by molar-refractivity contribution is -0.135. The van der Waals surface area contributed by atoms with Gasteiger partial charge >= 0.3 is 6.03 Å². The van der Waals surface area contributed by atoms with E-state index in [0.29, 0.717) is 39.0 Å². The molecule has 0 saturated carbocycles. The molecule has 0 bridgehead atoms. The smallest absolute Gasteiger partial charge is 0.325 e. The van der Waals surface area contributed by atoms with Gasteiger partial charge in [0.2, 0.25) is 0 Å². The van der Waals surface area contributed by atoms with Crippen molar-refractivity contribution in [3.8, 4) is 0 Å². The first-order chi connectivity index (χ1) is 15.4. The minimum atomic E-state index is -1.06. The molecular weight excluding hydrogens is 420 g/mol. The number of nitrogens with zero attached hydrogens (tertiary/aromatic N) is 2. The Hall–Kier alpha value is -2.55. The quantitative estimate of drug-likeness (QED) is 0.677. The van der Waals surface area contributed by atoms with Crippen molar-refractivity contribution in [2.75, 3.05) is 26.2 Å². The number of likely N-dealkylation sites (tertiary alicyclic amines) is 1. The van der Waals surface area contributed by atoms with Gasteiger partial charge in [-0.05, 0) is 56.2 Å². The summed E-state index contributed by atoms with van der Waals surface area (Å²) >= 11 is 0. The predicted molar refractivity (Wildman–Crippen MR) is 112 cm³/mol. The van der Waals surface area contributed by atoms with E-state index in [1.165, 1.54) is 11.0 Å². The number of urea groups is 1. The van der Waals surface area contributed by atoms with Crippen LogP contribution in [-0.2, 0) is 9.53 Å². The molecule has 3 fully saturated rings. The summed E-state index contributed by atoms with van der Waals surface area (Å²) in [6, 6.07) is 2.75. The Morgan fingerprint density at radius 2 is 1.94 bits per heavy atom. The van der Waals surface area contributed by atoms with Crippen molar-refractivity contribution in [1.82, 2.24) is 15.1 Å². The monoisotopic (exact) mass is 449 g/mol. The summed E-state index contributed by atoms with van der Waals surface area (Å²) in [5.74, 6) is -2.73. The summed E-state index contributed by atoms with van der Waals surface area (Å²) in [7, 11) is 0. The molecular formula is C23H29F2N3O4. The number of nitrogens with one attached hydrogen (secondary N) is 1. The molecule has 0 aromatic heterocycles. The fourth-order valence-corrected chi connectivity index (χ4v) is 5.23. The highest BCUT2D eigenvalue weighted by Crippen LogP contribution is 2.37. The molecule has 9 heteroatoms. The van der Waals surface area contributed by atoms with Crippen LogP contribution in [0.4, 0.5) is 13.6 Å². The highest BCUT2D eigenvalue weighted by Gasteiger charge is 2.55. The highest BCUT2D eigenvalue weighted by molar-refractivity contribution is 6.07. The minimum Gasteiger partial charge on any atom is -0.376 e. The van der Waals surface area contributed by atoms with Crippen LogP contribution >= 0.6 is 0 Å². The molecule has 174 valence electrons. The first kappa shape index (κ1) is 22.6. The Balaban J connectivity index is 1.45. The van der Waals surface area contributed by atoms with Gasteiger partial charge in [-0.25, -0.2) is 13.6 Å². The average Bonchev–Trinajstić information content (AvgIpc) is 3.39. The van der Waals surface area contributed by atoms with Gasteiger partial charge in [0.15, 0.2) is 11.6 Å². The van der Waals surface area contributed by atoms with E-state index in [0.717, 1.165) is 31.4 Å². The number of hydrogen-bond donors (Lipinski definition) is 1. The van der Waals surface area contributed by atoms with Gasteiger partial charge in [0.25, 0.3) is 11.8 Å². The summed E-state index contributed by atoms with van der Waals surface area (Å²) in [6.45, 7) is 3.65. The number of ether oxygens (including phenoxy) is 1. The summed E-state index contributed by atoms with van der Waals surface area (Å²) in [4.78, 5) is 41.8. The third kappa shape index (κ3) is 4.10. The van der Waals surface area contributed by atoms with Crippen LogP contribution in [0.25, 0.3) is 0 Å². The lowest BCUT2D eigenvalue weighted by atomic mass is 9.74.